The van der Waals surface area contributed by atoms with Crippen molar-refractivity contribution in [2.75, 3.05) is 0 Å². The minimum absolute atomic E-state index is 0. The molecule has 0 unspecified atom stereocenters. The molecular weight excluding hydrogens is 378 g/mol. The SMILES string of the molecule is Cl.NC1(c2noc(-c3cccc(OCc4cn5ccccc5n4)c3)n2)CCC1. The molecule has 7 nitrogen and oxygen atoms in total. The Morgan fingerprint density at radius 2 is 2.04 bits per heavy atom. The van der Waals surface area contributed by atoms with E-state index in [1.54, 1.807) is 0 Å². The predicted octanol–water partition coefficient (Wildman–Crippen LogP) is 3.72. The van der Waals surface area contributed by atoms with Gasteiger partial charge in [0.05, 0.1) is 11.2 Å². The Labute approximate surface area is 167 Å². The number of ether oxygens (including phenoxy) is 1. The minimum atomic E-state index is -0.432. The van der Waals surface area contributed by atoms with E-state index in [-0.39, 0.29) is 12.4 Å². The summed E-state index contributed by atoms with van der Waals surface area (Å²) in [4.78, 5) is 9.03. The lowest BCUT2D eigenvalue weighted by Gasteiger charge is -2.34. The van der Waals surface area contributed by atoms with Gasteiger partial charge in [-0.15, -0.1) is 12.4 Å². The van der Waals surface area contributed by atoms with Gasteiger partial charge in [-0.3, -0.25) is 0 Å². The molecule has 0 spiro atoms. The number of aromatic nitrogens is 4. The van der Waals surface area contributed by atoms with E-state index in [0.717, 1.165) is 41.9 Å². The molecule has 0 amide bonds. The van der Waals surface area contributed by atoms with Crippen LogP contribution < -0.4 is 10.5 Å². The summed E-state index contributed by atoms with van der Waals surface area (Å²) in [6, 6.07) is 13.5. The van der Waals surface area contributed by atoms with E-state index in [1.807, 2.05) is 59.3 Å². The fourth-order valence-corrected chi connectivity index (χ4v) is 3.26. The summed E-state index contributed by atoms with van der Waals surface area (Å²) in [6.45, 7) is 0.381. The van der Waals surface area contributed by atoms with Crippen LogP contribution in [0.3, 0.4) is 0 Å². The molecule has 3 aromatic heterocycles. The summed E-state index contributed by atoms with van der Waals surface area (Å²) >= 11 is 0. The number of fused-ring (bicyclic) bond motifs is 1. The van der Waals surface area contributed by atoms with E-state index in [1.165, 1.54) is 0 Å². The molecule has 5 rings (SSSR count). The topological polar surface area (TPSA) is 91.5 Å². The van der Waals surface area contributed by atoms with Crippen LogP contribution in [0.1, 0.15) is 30.8 Å². The molecule has 144 valence electrons. The van der Waals surface area contributed by atoms with Crippen molar-refractivity contribution in [2.45, 2.75) is 31.4 Å². The van der Waals surface area contributed by atoms with Crippen LogP contribution in [-0.4, -0.2) is 19.5 Å². The molecule has 3 heterocycles. The monoisotopic (exact) mass is 397 g/mol. The lowest BCUT2D eigenvalue weighted by atomic mass is 9.77. The van der Waals surface area contributed by atoms with Gasteiger partial charge in [0, 0.05) is 18.0 Å². The fourth-order valence-electron chi connectivity index (χ4n) is 3.26. The third-order valence-corrected chi connectivity index (χ3v) is 5.00. The summed E-state index contributed by atoms with van der Waals surface area (Å²) in [5.74, 6) is 1.76. The zero-order valence-corrected chi connectivity index (χ0v) is 15.9. The average Bonchev–Trinajstić information content (AvgIpc) is 3.32. The number of imidazole rings is 1. The predicted molar refractivity (Wildman–Crippen MR) is 106 cm³/mol. The van der Waals surface area contributed by atoms with Gasteiger partial charge in [-0.1, -0.05) is 17.3 Å². The zero-order valence-electron chi connectivity index (χ0n) is 15.1. The number of nitrogens with two attached hydrogens (primary N) is 1. The molecule has 0 aliphatic heterocycles. The van der Waals surface area contributed by atoms with Crippen LogP contribution in [0, 0.1) is 0 Å². The molecule has 28 heavy (non-hydrogen) atoms. The van der Waals surface area contributed by atoms with E-state index >= 15 is 0 Å². The first-order valence-electron chi connectivity index (χ1n) is 8.99. The van der Waals surface area contributed by atoms with Crippen molar-refractivity contribution < 1.29 is 9.26 Å². The van der Waals surface area contributed by atoms with Gasteiger partial charge in [-0.05, 0) is 49.6 Å². The Morgan fingerprint density at radius 3 is 2.82 bits per heavy atom. The lowest BCUT2D eigenvalue weighted by Crippen LogP contribution is -2.44. The van der Waals surface area contributed by atoms with Crippen LogP contribution in [0.2, 0.25) is 0 Å². The highest BCUT2D eigenvalue weighted by Gasteiger charge is 2.39. The molecule has 1 aromatic carbocycles. The smallest absolute Gasteiger partial charge is 0.258 e. The van der Waals surface area contributed by atoms with Gasteiger partial charge in [0.15, 0.2) is 5.82 Å². The van der Waals surface area contributed by atoms with Crippen molar-refractivity contribution in [3.8, 4) is 17.2 Å². The maximum absolute atomic E-state index is 6.27. The van der Waals surface area contributed by atoms with E-state index < -0.39 is 5.54 Å². The second-order valence-corrected chi connectivity index (χ2v) is 6.95. The molecule has 0 atom stereocenters. The Hall–Kier alpha value is -2.90. The van der Waals surface area contributed by atoms with E-state index in [9.17, 15) is 0 Å². The second-order valence-electron chi connectivity index (χ2n) is 6.95. The van der Waals surface area contributed by atoms with Crippen molar-refractivity contribution in [3.05, 3.63) is 66.4 Å². The van der Waals surface area contributed by atoms with Gasteiger partial charge in [0.2, 0.25) is 0 Å². The summed E-state index contributed by atoms with van der Waals surface area (Å²) in [6.07, 6.45) is 6.82. The first-order chi connectivity index (χ1) is 13.2. The molecule has 0 radical (unpaired) electrons. The summed E-state index contributed by atoms with van der Waals surface area (Å²) in [5, 5.41) is 4.07. The van der Waals surface area contributed by atoms with Crippen molar-refractivity contribution >= 4 is 18.1 Å². The first-order valence-corrected chi connectivity index (χ1v) is 8.99. The van der Waals surface area contributed by atoms with Gasteiger partial charge in [0.25, 0.3) is 5.89 Å². The molecule has 0 bridgehead atoms. The normalized spacial score (nSPS) is 15.0. The molecular formula is C20H20ClN5O2. The molecule has 8 heteroatoms. The van der Waals surface area contributed by atoms with Crippen LogP contribution in [-0.2, 0) is 12.1 Å². The molecule has 1 aliphatic carbocycles. The molecule has 1 fully saturated rings. The van der Waals surface area contributed by atoms with Crippen LogP contribution in [0.5, 0.6) is 5.75 Å². The van der Waals surface area contributed by atoms with E-state index in [2.05, 4.69) is 15.1 Å². The molecule has 2 N–H and O–H groups in total. The number of nitrogens with zero attached hydrogens (tertiary/aromatic N) is 4. The zero-order chi connectivity index (χ0) is 18.3. The third kappa shape index (κ3) is 3.34. The number of halogens is 1. The Kier molecular flexibility index (Phi) is 4.78. The maximum atomic E-state index is 6.27. The number of rotatable bonds is 5. The Bertz CT molecular complexity index is 1070. The summed E-state index contributed by atoms with van der Waals surface area (Å²) < 4.78 is 13.3. The van der Waals surface area contributed by atoms with Gasteiger partial charge in [-0.2, -0.15) is 4.98 Å². The number of hydrogen-bond donors (Lipinski definition) is 1. The van der Waals surface area contributed by atoms with Crippen molar-refractivity contribution in [3.63, 3.8) is 0 Å². The first kappa shape index (κ1) is 18.5. The Morgan fingerprint density at radius 1 is 1.14 bits per heavy atom. The number of hydrogen-bond acceptors (Lipinski definition) is 6. The van der Waals surface area contributed by atoms with Crippen LogP contribution >= 0.6 is 12.4 Å². The fraction of sp³-hybridized carbons (Fsp3) is 0.250. The third-order valence-electron chi connectivity index (χ3n) is 5.00. The van der Waals surface area contributed by atoms with E-state index in [4.69, 9.17) is 15.0 Å². The highest BCUT2D eigenvalue weighted by atomic mass is 35.5. The van der Waals surface area contributed by atoms with Crippen molar-refractivity contribution in [2.24, 2.45) is 5.73 Å². The van der Waals surface area contributed by atoms with Gasteiger partial charge in [-0.25, -0.2) is 4.98 Å². The molecule has 4 aromatic rings. The van der Waals surface area contributed by atoms with Crippen LogP contribution in [0.25, 0.3) is 17.1 Å². The van der Waals surface area contributed by atoms with Gasteiger partial charge in [0.1, 0.15) is 18.0 Å². The van der Waals surface area contributed by atoms with Crippen LogP contribution in [0.4, 0.5) is 0 Å². The molecule has 1 saturated carbocycles. The quantitative estimate of drug-likeness (QED) is 0.551. The average molecular weight is 398 g/mol. The van der Waals surface area contributed by atoms with Crippen molar-refractivity contribution in [1.82, 2.24) is 19.5 Å². The Balaban J connectivity index is 0.00000192. The minimum Gasteiger partial charge on any atom is -0.487 e. The number of pyridine rings is 1. The standard InChI is InChI=1S/C20H19N5O2.ClH/c21-20(8-4-9-20)19-23-18(27-24-19)14-5-3-6-16(11-14)26-13-15-12-25-10-2-1-7-17(25)22-15;/h1-3,5-7,10-12H,4,8-9,13,21H2;1H. The maximum Gasteiger partial charge on any atom is 0.258 e. The lowest BCUT2D eigenvalue weighted by molar-refractivity contribution is 0.229. The molecule has 1 aliphatic rings. The van der Waals surface area contributed by atoms with Crippen molar-refractivity contribution in [1.29, 1.82) is 0 Å². The highest BCUT2D eigenvalue weighted by molar-refractivity contribution is 5.85. The van der Waals surface area contributed by atoms with Gasteiger partial charge >= 0.3 is 0 Å². The van der Waals surface area contributed by atoms with Crippen LogP contribution in [0.15, 0.2) is 59.4 Å². The largest absolute Gasteiger partial charge is 0.487 e. The second kappa shape index (κ2) is 7.26. The summed E-state index contributed by atoms with van der Waals surface area (Å²) in [7, 11) is 0. The summed E-state index contributed by atoms with van der Waals surface area (Å²) in [5.41, 5.74) is 8.41. The van der Waals surface area contributed by atoms with Gasteiger partial charge < -0.3 is 19.4 Å². The molecule has 0 saturated heterocycles. The van der Waals surface area contributed by atoms with E-state index in [0.29, 0.717) is 18.3 Å². The highest BCUT2D eigenvalue weighted by Crippen LogP contribution is 2.37. The number of benzene rings is 1.